The van der Waals surface area contributed by atoms with Crippen LogP contribution in [0.15, 0.2) is 54.6 Å². The number of carbonyl (C=O) groups is 1. The summed E-state index contributed by atoms with van der Waals surface area (Å²) in [7, 11) is 0. The number of nitrogens with one attached hydrogen (secondary N) is 1. The highest BCUT2D eigenvalue weighted by atomic mass is 35.5. The number of hydrogen-bond acceptors (Lipinski definition) is 3. The molecule has 0 atom stereocenters. The zero-order chi connectivity index (χ0) is 20.4. The average Bonchev–Trinajstić information content (AvgIpc) is 3.19. The third-order valence-electron chi connectivity index (χ3n) is 4.81. The van der Waals surface area contributed by atoms with Gasteiger partial charge in [0.1, 0.15) is 0 Å². The van der Waals surface area contributed by atoms with Crippen LogP contribution in [0.4, 0.5) is 5.69 Å². The number of nitrogens with zero attached hydrogens (tertiary/aromatic N) is 4. The van der Waals surface area contributed by atoms with Crippen LogP contribution in [0.25, 0.3) is 10.9 Å². The molecule has 1 amide bonds. The average molecular weight is 408 g/mol. The summed E-state index contributed by atoms with van der Waals surface area (Å²) in [6.45, 7) is 5.15. The van der Waals surface area contributed by atoms with Gasteiger partial charge in [-0.2, -0.15) is 10.2 Å². The summed E-state index contributed by atoms with van der Waals surface area (Å²) in [5.41, 5.74) is 4.90. The minimum absolute atomic E-state index is 0.0658. The van der Waals surface area contributed by atoms with E-state index in [9.17, 15) is 4.79 Å². The van der Waals surface area contributed by atoms with Gasteiger partial charge in [-0.1, -0.05) is 35.9 Å². The fourth-order valence-electron chi connectivity index (χ4n) is 3.44. The number of aromatic nitrogens is 4. The largest absolute Gasteiger partial charge is 0.326 e. The lowest BCUT2D eigenvalue weighted by Gasteiger charge is -2.09. The number of anilines is 1. The number of rotatable bonds is 6. The Labute approximate surface area is 174 Å². The van der Waals surface area contributed by atoms with Gasteiger partial charge in [-0.05, 0) is 49.7 Å². The number of carbonyl (C=O) groups excluding carboxylic acids is 1. The second kappa shape index (κ2) is 8.09. The third kappa shape index (κ3) is 4.32. The monoisotopic (exact) mass is 407 g/mol. The molecular formula is C22H22ClN5O. The highest BCUT2D eigenvalue weighted by Crippen LogP contribution is 2.22. The van der Waals surface area contributed by atoms with E-state index in [-0.39, 0.29) is 5.91 Å². The third-order valence-corrected chi connectivity index (χ3v) is 5.09. The van der Waals surface area contributed by atoms with Crippen LogP contribution in [0.1, 0.15) is 23.4 Å². The van der Waals surface area contributed by atoms with Gasteiger partial charge in [-0.3, -0.25) is 14.2 Å². The highest BCUT2D eigenvalue weighted by molar-refractivity contribution is 6.34. The van der Waals surface area contributed by atoms with Crippen molar-refractivity contribution in [1.29, 1.82) is 0 Å². The molecule has 0 radical (unpaired) electrons. The van der Waals surface area contributed by atoms with Crippen LogP contribution in [-0.2, 0) is 17.9 Å². The van der Waals surface area contributed by atoms with Crippen molar-refractivity contribution in [2.45, 2.75) is 33.4 Å². The predicted octanol–water partition coefficient (Wildman–Crippen LogP) is 4.58. The molecule has 6 nitrogen and oxygen atoms in total. The van der Waals surface area contributed by atoms with Crippen molar-refractivity contribution >= 4 is 34.1 Å². The van der Waals surface area contributed by atoms with Crippen LogP contribution in [0.3, 0.4) is 0 Å². The molecule has 4 aromatic rings. The molecule has 0 spiro atoms. The second-order valence-electron chi connectivity index (χ2n) is 7.11. The first kappa shape index (κ1) is 19.2. The number of aryl methyl sites for hydroxylation is 3. The van der Waals surface area contributed by atoms with E-state index < -0.39 is 0 Å². The quantitative estimate of drug-likeness (QED) is 0.508. The molecular weight excluding hydrogens is 386 g/mol. The zero-order valence-electron chi connectivity index (χ0n) is 16.4. The van der Waals surface area contributed by atoms with Crippen LogP contribution in [-0.4, -0.2) is 25.5 Å². The molecule has 0 aliphatic rings. The van der Waals surface area contributed by atoms with E-state index in [0.29, 0.717) is 24.7 Å². The fourth-order valence-corrected chi connectivity index (χ4v) is 3.69. The van der Waals surface area contributed by atoms with E-state index in [4.69, 9.17) is 11.6 Å². The van der Waals surface area contributed by atoms with Crippen molar-refractivity contribution in [3.63, 3.8) is 0 Å². The molecule has 1 N–H and O–H groups in total. The topological polar surface area (TPSA) is 64.7 Å². The molecule has 2 aromatic heterocycles. The Morgan fingerprint density at radius 1 is 1.03 bits per heavy atom. The summed E-state index contributed by atoms with van der Waals surface area (Å²) in [5.74, 6) is -0.0658. The Morgan fingerprint density at radius 3 is 2.66 bits per heavy atom. The Hall–Kier alpha value is -3.12. The number of halogens is 1. The first-order valence-corrected chi connectivity index (χ1v) is 9.88. The molecule has 0 fully saturated rings. The van der Waals surface area contributed by atoms with E-state index in [0.717, 1.165) is 33.5 Å². The number of benzene rings is 2. The molecule has 0 saturated carbocycles. The number of amides is 1. The molecule has 0 unspecified atom stereocenters. The normalized spacial score (nSPS) is 11.1. The Morgan fingerprint density at radius 2 is 1.86 bits per heavy atom. The minimum atomic E-state index is -0.0658. The maximum atomic E-state index is 12.5. The standard InChI is InChI=1S/C22H22ClN5O/c1-15-12-16(2)28(25-15)14-17-6-5-7-18(13-17)24-21(29)10-11-27-20-9-4-3-8-19(20)22(23)26-27/h3-9,12-13H,10-11,14H2,1-2H3,(H,24,29). The van der Waals surface area contributed by atoms with Crippen molar-refractivity contribution in [2.24, 2.45) is 0 Å². The van der Waals surface area contributed by atoms with Crippen molar-refractivity contribution in [3.8, 4) is 0 Å². The van der Waals surface area contributed by atoms with Gasteiger partial charge in [0.05, 0.1) is 24.3 Å². The summed E-state index contributed by atoms with van der Waals surface area (Å²) < 4.78 is 3.74. The van der Waals surface area contributed by atoms with Gasteiger partial charge in [-0.25, -0.2) is 0 Å². The lowest BCUT2D eigenvalue weighted by Crippen LogP contribution is -2.15. The molecule has 0 saturated heterocycles. The van der Waals surface area contributed by atoms with Gasteiger partial charge >= 0.3 is 0 Å². The molecule has 0 aliphatic heterocycles. The predicted molar refractivity (Wildman–Crippen MR) is 115 cm³/mol. The Kier molecular flexibility index (Phi) is 5.36. The lowest BCUT2D eigenvalue weighted by molar-refractivity contribution is -0.116. The van der Waals surface area contributed by atoms with E-state index >= 15 is 0 Å². The van der Waals surface area contributed by atoms with Gasteiger partial charge in [0.25, 0.3) is 0 Å². The number of fused-ring (bicyclic) bond motifs is 1. The molecule has 4 rings (SSSR count). The molecule has 148 valence electrons. The second-order valence-corrected chi connectivity index (χ2v) is 7.47. The first-order chi connectivity index (χ1) is 14.0. The van der Waals surface area contributed by atoms with Crippen LogP contribution < -0.4 is 5.32 Å². The minimum Gasteiger partial charge on any atom is -0.326 e. The van der Waals surface area contributed by atoms with Gasteiger partial charge in [-0.15, -0.1) is 0 Å². The van der Waals surface area contributed by atoms with Gasteiger partial charge in [0.15, 0.2) is 5.15 Å². The maximum Gasteiger partial charge on any atom is 0.226 e. The Balaban J connectivity index is 1.40. The first-order valence-electron chi connectivity index (χ1n) is 9.50. The van der Waals surface area contributed by atoms with Gasteiger partial charge in [0.2, 0.25) is 5.91 Å². The van der Waals surface area contributed by atoms with Crippen LogP contribution in [0, 0.1) is 13.8 Å². The zero-order valence-corrected chi connectivity index (χ0v) is 17.1. The van der Waals surface area contributed by atoms with Crippen molar-refractivity contribution in [3.05, 3.63) is 76.7 Å². The van der Waals surface area contributed by atoms with E-state index in [2.05, 4.69) is 21.6 Å². The molecule has 29 heavy (non-hydrogen) atoms. The van der Waals surface area contributed by atoms with Crippen LogP contribution in [0.5, 0.6) is 0 Å². The smallest absolute Gasteiger partial charge is 0.226 e. The molecule has 0 bridgehead atoms. The lowest BCUT2D eigenvalue weighted by atomic mass is 10.2. The molecule has 2 aromatic carbocycles. The van der Waals surface area contributed by atoms with E-state index in [1.54, 1.807) is 4.68 Å². The summed E-state index contributed by atoms with van der Waals surface area (Å²) in [6, 6.07) is 17.6. The van der Waals surface area contributed by atoms with Crippen molar-refractivity contribution in [1.82, 2.24) is 19.6 Å². The van der Waals surface area contributed by atoms with Crippen LogP contribution >= 0.6 is 11.6 Å². The van der Waals surface area contributed by atoms with E-state index in [1.807, 2.05) is 67.1 Å². The van der Waals surface area contributed by atoms with Crippen LogP contribution in [0.2, 0.25) is 5.15 Å². The van der Waals surface area contributed by atoms with E-state index in [1.165, 1.54) is 0 Å². The van der Waals surface area contributed by atoms with Gasteiger partial charge in [0, 0.05) is 23.2 Å². The number of hydrogen-bond donors (Lipinski definition) is 1. The summed E-state index contributed by atoms with van der Waals surface area (Å²) in [6.07, 6.45) is 0.309. The fraction of sp³-hybridized carbons (Fsp3) is 0.227. The van der Waals surface area contributed by atoms with Crippen molar-refractivity contribution < 1.29 is 4.79 Å². The Bertz CT molecular complexity index is 1180. The summed E-state index contributed by atoms with van der Waals surface area (Å²) >= 11 is 6.18. The molecule has 0 aliphatic carbocycles. The molecule has 7 heteroatoms. The van der Waals surface area contributed by atoms with Gasteiger partial charge < -0.3 is 5.32 Å². The number of para-hydroxylation sites is 1. The van der Waals surface area contributed by atoms with Crippen molar-refractivity contribution in [2.75, 3.05) is 5.32 Å². The highest BCUT2D eigenvalue weighted by Gasteiger charge is 2.10. The summed E-state index contributed by atoms with van der Waals surface area (Å²) in [5, 5.41) is 13.1. The maximum absolute atomic E-state index is 12.5. The molecule has 2 heterocycles. The summed E-state index contributed by atoms with van der Waals surface area (Å²) in [4.78, 5) is 12.5. The SMILES string of the molecule is Cc1cc(C)n(Cc2cccc(NC(=O)CCn3nc(Cl)c4ccccc43)c2)n1.